The minimum atomic E-state index is -0.725. The maximum Gasteiger partial charge on any atom is 0.233 e. The molecule has 0 N–H and O–H groups in total. The van der Waals surface area contributed by atoms with Gasteiger partial charge in [0.1, 0.15) is 0 Å². The second-order valence-corrected chi connectivity index (χ2v) is 5.97. The van der Waals surface area contributed by atoms with E-state index in [4.69, 9.17) is 11.6 Å². The van der Waals surface area contributed by atoms with E-state index >= 15 is 0 Å². The van der Waals surface area contributed by atoms with Gasteiger partial charge >= 0.3 is 0 Å². The third-order valence-corrected chi connectivity index (χ3v) is 4.24. The molecule has 0 aliphatic rings. The van der Waals surface area contributed by atoms with Crippen molar-refractivity contribution in [2.24, 2.45) is 0 Å². The number of pyridine rings is 3. The van der Waals surface area contributed by atoms with Gasteiger partial charge in [-0.15, -0.1) is 0 Å². The van der Waals surface area contributed by atoms with Gasteiger partial charge in [-0.2, -0.15) is 14.5 Å². The molecule has 0 bridgehead atoms. The largest absolute Gasteiger partial charge is 0.264 e. The summed E-state index contributed by atoms with van der Waals surface area (Å²) in [6.07, 6.45) is 7.91. The van der Waals surface area contributed by atoms with E-state index in [1.165, 1.54) is 6.07 Å². The van der Waals surface area contributed by atoms with Crippen LogP contribution in [0.2, 0.25) is 5.02 Å². The Kier molecular flexibility index (Phi) is 3.89. The lowest BCUT2D eigenvalue weighted by Gasteiger charge is -2.06. The number of rotatable bonds is 3. The van der Waals surface area contributed by atoms with Crippen LogP contribution < -0.4 is 0 Å². The SMILES string of the molecule is CCc1cncc(-c2cc3c(cn2)cnn3-c2ccc(Cl)c(F)n2)c1. The van der Waals surface area contributed by atoms with E-state index in [1.54, 1.807) is 29.3 Å². The van der Waals surface area contributed by atoms with Gasteiger partial charge in [0.2, 0.25) is 5.95 Å². The van der Waals surface area contributed by atoms with Crippen LogP contribution in [-0.2, 0) is 6.42 Å². The summed E-state index contributed by atoms with van der Waals surface area (Å²) in [5, 5.41) is 5.10. The van der Waals surface area contributed by atoms with Crippen molar-refractivity contribution in [2.45, 2.75) is 13.3 Å². The van der Waals surface area contributed by atoms with Crippen LogP contribution in [0.25, 0.3) is 28.0 Å². The molecule has 0 fully saturated rings. The molecule has 0 atom stereocenters. The van der Waals surface area contributed by atoms with Gasteiger partial charge in [-0.1, -0.05) is 18.5 Å². The van der Waals surface area contributed by atoms with Gasteiger partial charge in [-0.05, 0) is 36.2 Å². The first-order chi connectivity index (χ1) is 12.2. The highest BCUT2D eigenvalue weighted by atomic mass is 35.5. The summed E-state index contributed by atoms with van der Waals surface area (Å²) in [4.78, 5) is 12.6. The number of aromatic nitrogens is 5. The number of hydrogen-bond acceptors (Lipinski definition) is 4. The molecule has 4 heterocycles. The number of halogens is 2. The quantitative estimate of drug-likeness (QED) is 0.517. The maximum absolute atomic E-state index is 13.7. The zero-order valence-electron chi connectivity index (χ0n) is 13.3. The first-order valence-electron chi connectivity index (χ1n) is 7.76. The Balaban J connectivity index is 1.86. The molecule has 4 rings (SSSR count). The highest BCUT2D eigenvalue weighted by molar-refractivity contribution is 6.30. The number of hydrogen-bond donors (Lipinski definition) is 0. The topological polar surface area (TPSA) is 56.5 Å². The standard InChI is InChI=1S/C18H13ClFN5/c1-2-11-5-12(8-21-7-11)15-6-16-13(9-22-15)10-23-25(16)17-4-3-14(19)18(20)24-17/h3-10H,2H2,1H3. The molecule has 4 aromatic rings. The smallest absolute Gasteiger partial charge is 0.233 e. The minimum Gasteiger partial charge on any atom is -0.264 e. The molecule has 0 unspecified atom stereocenters. The monoisotopic (exact) mass is 353 g/mol. The molecule has 0 spiro atoms. The van der Waals surface area contributed by atoms with Crippen LogP contribution in [0.5, 0.6) is 0 Å². The number of aryl methyl sites for hydroxylation is 1. The molecule has 0 aliphatic carbocycles. The Labute approximate surface area is 148 Å². The maximum atomic E-state index is 13.7. The fraction of sp³-hybridized carbons (Fsp3) is 0.111. The summed E-state index contributed by atoms with van der Waals surface area (Å²) in [5.41, 5.74) is 3.60. The molecule has 5 nitrogen and oxygen atoms in total. The van der Waals surface area contributed by atoms with Gasteiger partial charge in [0, 0.05) is 29.5 Å². The molecule has 0 aromatic carbocycles. The number of fused-ring (bicyclic) bond motifs is 1. The molecule has 124 valence electrons. The Morgan fingerprint density at radius 2 is 2.00 bits per heavy atom. The molecule has 7 heteroatoms. The van der Waals surface area contributed by atoms with Crippen molar-refractivity contribution in [2.75, 3.05) is 0 Å². The van der Waals surface area contributed by atoms with Gasteiger partial charge in [-0.3, -0.25) is 9.97 Å². The van der Waals surface area contributed by atoms with Gasteiger partial charge in [0.25, 0.3) is 0 Å². The van der Waals surface area contributed by atoms with Crippen molar-refractivity contribution in [3.05, 3.63) is 65.6 Å². The molecule has 0 aliphatic heterocycles. The van der Waals surface area contributed by atoms with Crippen molar-refractivity contribution >= 4 is 22.5 Å². The van der Waals surface area contributed by atoms with Crippen LogP contribution >= 0.6 is 11.6 Å². The second kappa shape index (κ2) is 6.22. The molecular weight excluding hydrogens is 341 g/mol. The van der Waals surface area contributed by atoms with Crippen LogP contribution in [0.1, 0.15) is 12.5 Å². The third-order valence-electron chi connectivity index (χ3n) is 3.96. The summed E-state index contributed by atoms with van der Waals surface area (Å²) in [6.45, 7) is 2.08. The van der Waals surface area contributed by atoms with Gasteiger partial charge in [0.15, 0.2) is 5.82 Å². The van der Waals surface area contributed by atoms with E-state index in [0.29, 0.717) is 5.82 Å². The Hall–Kier alpha value is -2.86. The van der Waals surface area contributed by atoms with Crippen molar-refractivity contribution in [3.63, 3.8) is 0 Å². The molecule has 0 amide bonds. The van der Waals surface area contributed by atoms with Crippen LogP contribution in [0.15, 0.2) is 49.1 Å². The molecule has 25 heavy (non-hydrogen) atoms. The first-order valence-corrected chi connectivity index (χ1v) is 8.14. The van der Waals surface area contributed by atoms with Crippen LogP contribution in [0.3, 0.4) is 0 Å². The highest BCUT2D eigenvalue weighted by Crippen LogP contribution is 2.24. The van der Waals surface area contributed by atoms with E-state index < -0.39 is 5.95 Å². The lowest BCUT2D eigenvalue weighted by atomic mass is 10.1. The van der Waals surface area contributed by atoms with E-state index in [2.05, 4.69) is 33.0 Å². The van der Waals surface area contributed by atoms with E-state index in [-0.39, 0.29) is 5.02 Å². The summed E-state index contributed by atoms with van der Waals surface area (Å²) < 4.78 is 15.3. The fourth-order valence-electron chi connectivity index (χ4n) is 2.61. The zero-order chi connectivity index (χ0) is 17.4. The third kappa shape index (κ3) is 2.85. The molecule has 0 saturated heterocycles. The molecule has 0 radical (unpaired) electrons. The number of nitrogens with zero attached hydrogens (tertiary/aromatic N) is 5. The van der Waals surface area contributed by atoms with E-state index in [9.17, 15) is 4.39 Å². The van der Waals surface area contributed by atoms with Crippen LogP contribution in [0, 0.1) is 5.95 Å². The molecule has 4 aromatic heterocycles. The highest BCUT2D eigenvalue weighted by Gasteiger charge is 2.11. The Morgan fingerprint density at radius 1 is 1.12 bits per heavy atom. The Morgan fingerprint density at radius 3 is 2.80 bits per heavy atom. The lowest BCUT2D eigenvalue weighted by Crippen LogP contribution is -2.01. The summed E-state index contributed by atoms with van der Waals surface area (Å²) in [7, 11) is 0. The summed E-state index contributed by atoms with van der Waals surface area (Å²) in [6, 6.07) is 7.04. The second-order valence-electron chi connectivity index (χ2n) is 5.56. The predicted octanol–water partition coefficient (Wildman–Crippen LogP) is 4.23. The van der Waals surface area contributed by atoms with Gasteiger partial charge in [0.05, 0.1) is 22.4 Å². The minimum absolute atomic E-state index is 0.0231. The normalized spacial score (nSPS) is 11.2. The molecule has 0 saturated carbocycles. The van der Waals surface area contributed by atoms with Crippen molar-refractivity contribution in [1.82, 2.24) is 24.7 Å². The van der Waals surface area contributed by atoms with Gasteiger partial charge < -0.3 is 0 Å². The van der Waals surface area contributed by atoms with Crippen molar-refractivity contribution in [1.29, 1.82) is 0 Å². The lowest BCUT2D eigenvalue weighted by molar-refractivity contribution is 0.579. The van der Waals surface area contributed by atoms with E-state index in [0.717, 1.165) is 34.1 Å². The summed E-state index contributed by atoms with van der Waals surface area (Å²) in [5.74, 6) is -0.369. The zero-order valence-corrected chi connectivity index (χ0v) is 14.1. The Bertz CT molecular complexity index is 1080. The van der Waals surface area contributed by atoms with Gasteiger partial charge in [-0.25, -0.2) is 4.68 Å². The fourth-order valence-corrected chi connectivity index (χ4v) is 2.71. The van der Waals surface area contributed by atoms with Crippen LogP contribution in [-0.4, -0.2) is 24.7 Å². The predicted molar refractivity (Wildman–Crippen MR) is 94.2 cm³/mol. The van der Waals surface area contributed by atoms with E-state index in [1.807, 2.05) is 12.3 Å². The van der Waals surface area contributed by atoms with Crippen molar-refractivity contribution in [3.8, 4) is 17.1 Å². The first kappa shape index (κ1) is 15.7. The summed E-state index contributed by atoms with van der Waals surface area (Å²) >= 11 is 5.71. The van der Waals surface area contributed by atoms with Crippen LogP contribution in [0.4, 0.5) is 4.39 Å². The average Bonchev–Trinajstić information content (AvgIpc) is 3.07. The average molecular weight is 354 g/mol. The molecular formula is C18H13ClFN5. The van der Waals surface area contributed by atoms with Crippen molar-refractivity contribution < 1.29 is 4.39 Å².